The maximum absolute atomic E-state index is 13.9. The Hall–Kier alpha value is -2.34. The van der Waals surface area contributed by atoms with Crippen LogP contribution in [0.5, 0.6) is 0 Å². The van der Waals surface area contributed by atoms with Crippen molar-refractivity contribution in [3.63, 3.8) is 0 Å². The van der Waals surface area contributed by atoms with Crippen LogP contribution in [0.3, 0.4) is 0 Å². The average Bonchev–Trinajstić information content (AvgIpc) is 3.13. The second kappa shape index (κ2) is 5.81. The Bertz CT molecular complexity index is 664. The lowest BCUT2D eigenvalue weighted by atomic mass is 10.0. The molecule has 0 radical (unpaired) electrons. The summed E-state index contributed by atoms with van der Waals surface area (Å²) < 4.78 is 21.0. The molecule has 2 heterocycles. The molecule has 6 heteroatoms. The normalized spacial score (nSPS) is 20.8. The third kappa shape index (κ3) is 3.12. The van der Waals surface area contributed by atoms with Crippen LogP contribution in [0, 0.1) is 5.82 Å². The molecule has 3 rings (SSSR count). The van der Waals surface area contributed by atoms with E-state index in [0.717, 1.165) is 12.1 Å². The highest BCUT2D eigenvalue weighted by atomic mass is 19.1. The SMILES string of the molecule is C[C@@]1(NC(=O)Nc2cc(-n3cccc3)ccc2F)CCOC1. The summed E-state index contributed by atoms with van der Waals surface area (Å²) in [7, 11) is 0. The van der Waals surface area contributed by atoms with E-state index >= 15 is 0 Å². The van der Waals surface area contributed by atoms with Crippen molar-refractivity contribution >= 4 is 11.7 Å². The maximum atomic E-state index is 13.9. The van der Waals surface area contributed by atoms with Gasteiger partial charge in [-0.3, -0.25) is 0 Å². The Morgan fingerprint density at radius 1 is 1.36 bits per heavy atom. The van der Waals surface area contributed by atoms with Gasteiger partial charge in [0.25, 0.3) is 0 Å². The van der Waals surface area contributed by atoms with Gasteiger partial charge in [-0.05, 0) is 43.7 Å². The molecule has 0 unspecified atom stereocenters. The van der Waals surface area contributed by atoms with E-state index in [2.05, 4.69) is 10.6 Å². The number of benzene rings is 1. The minimum absolute atomic E-state index is 0.145. The molecule has 2 aromatic rings. The average molecular weight is 303 g/mol. The van der Waals surface area contributed by atoms with E-state index in [0.29, 0.717) is 13.2 Å². The van der Waals surface area contributed by atoms with E-state index in [1.165, 1.54) is 6.07 Å². The van der Waals surface area contributed by atoms with E-state index in [4.69, 9.17) is 4.74 Å². The lowest BCUT2D eigenvalue weighted by Gasteiger charge is -2.23. The highest BCUT2D eigenvalue weighted by Gasteiger charge is 2.31. The largest absolute Gasteiger partial charge is 0.379 e. The molecule has 0 saturated carbocycles. The van der Waals surface area contributed by atoms with E-state index in [1.807, 2.05) is 36.0 Å². The topological polar surface area (TPSA) is 55.3 Å². The van der Waals surface area contributed by atoms with E-state index in [-0.39, 0.29) is 5.69 Å². The second-order valence-corrected chi connectivity index (χ2v) is 5.70. The van der Waals surface area contributed by atoms with Gasteiger partial charge in [0.15, 0.2) is 0 Å². The van der Waals surface area contributed by atoms with Crippen molar-refractivity contribution in [1.82, 2.24) is 9.88 Å². The zero-order valence-electron chi connectivity index (χ0n) is 12.3. The summed E-state index contributed by atoms with van der Waals surface area (Å²) in [5.41, 5.74) is 0.516. The number of hydrogen-bond donors (Lipinski definition) is 2. The number of nitrogens with zero attached hydrogens (tertiary/aromatic N) is 1. The number of carbonyl (C=O) groups is 1. The number of carbonyl (C=O) groups excluding carboxylic acids is 1. The van der Waals surface area contributed by atoms with Gasteiger partial charge in [0.1, 0.15) is 5.82 Å². The number of rotatable bonds is 3. The van der Waals surface area contributed by atoms with Crippen LogP contribution in [-0.4, -0.2) is 29.4 Å². The summed E-state index contributed by atoms with van der Waals surface area (Å²) in [4.78, 5) is 12.1. The van der Waals surface area contributed by atoms with Gasteiger partial charge in [0, 0.05) is 24.7 Å². The molecule has 1 atom stereocenters. The molecule has 1 aromatic heterocycles. The molecule has 1 aliphatic heterocycles. The molecule has 1 aromatic carbocycles. The van der Waals surface area contributed by atoms with Gasteiger partial charge in [0.2, 0.25) is 0 Å². The van der Waals surface area contributed by atoms with Crippen LogP contribution in [-0.2, 0) is 4.74 Å². The lowest BCUT2D eigenvalue weighted by molar-refractivity contribution is 0.172. The number of anilines is 1. The minimum atomic E-state index is -0.473. The van der Waals surface area contributed by atoms with E-state index < -0.39 is 17.4 Å². The fourth-order valence-electron chi connectivity index (χ4n) is 2.47. The smallest absolute Gasteiger partial charge is 0.319 e. The van der Waals surface area contributed by atoms with Crippen LogP contribution < -0.4 is 10.6 Å². The summed E-state index contributed by atoms with van der Waals surface area (Å²) >= 11 is 0. The van der Waals surface area contributed by atoms with Crippen molar-refractivity contribution in [2.75, 3.05) is 18.5 Å². The zero-order chi connectivity index (χ0) is 15.6. The molecular formula is C16H18FN3O2. The number of hydrogen-bond acceptors (Lipinski definition) is 2. The highest BCUT2D eigenvalue weighted by Crippen LogP contribution is 2.21. The van der Waals surface area contributed by atoms with Gasteiger partial charge in [-0.2, -0.15) is 0 Å². The van der Waals surface area contributed by atoms with Crippen LogP contribution in [0.1, 0.15) is 13.3 Å². The van der Waals surface area contributed by atoms with Crippen molar-refractivity contribution in [1.29, 1.82) is 0 Å². The first-order valence-corrected chi connectivity index (χ1v) is 7.16. The molecule has 5 nitrogen and oxygen atoms in total. The van der Waals surface area contributed by atoms with Gasteiger partial charge in [-0.15, -0.1) is 0 Å². The number of urea groups is 1. The fourth-order valence-corrected chi connectivity index (χ4v) is 2.47. The van der Waals surface area contributed by atoms with Crippen LogP contribution in [0.25, 0.3) is 5.69 Å². The first-order chi connectivity index (χ1) is 10.6. The van der Waals surface area contributed by atoms with Crippen LogP contribution in [0.15, 0.2) is 42.7 Å². The Labute approximate surface area is 128 Å². The third-order valence-electron chi connectivity index (χ3n) is 3.73. The quantitative estimate of drug-likeness (QED) is 0.916. The van der Waals surface area contributed by atoms with E-state index in [9.17, 15) is 9.18 Å². The van der Waals surface area contributed by atoms with E-state index in [1.54, 1.807) is 12.1 Å². The summed E-state index contributed by atoms with van der Waals surface area (Å²) in [5, 5.41) is 5.41. The first-order valence-electron chi connectivity index (χ1n) is 7.16. The summed E-state index contributed by atoms with van der Waals surface area (Å²) in [6.07, 6.45) is 4.45. The molecule has 1 saturated heterocycles. The van der Waals surface area contributed by atoms with Crippen molar-refractivity contribution in [2.45, 2.75) is 18.9 Å². The molecule has 2 amide bonds. The van der Waals surface area contributed by atoms with Gasteiger partial charge >= 0.3 is 6.03 Å². The van der Waals surface area contributed by atoms with Crippen molar-refractivity contribution in [3.05, 3.63) is 48.5 Å². The molecule has 116 valence electrons. The first kappa shape index (κ1) is 14.6. The predicted molar refractivity (Wildman–Crippen MR) is 81.7 cm³/mol. The summed E-state index contributed by atoms with van der Waals surface area (Å²) in [5.74, 6) is -0.473. The number of nitrogens with one attached hydrogen (secondary N) is 2. The molecule has 1 fully saturated rings. The Morgan fingerprint density at radius 3 is 2.82 bits per heavy atom. The van der Waals surface area contributed by atoms with Gasteiger partial charge in [-0.25, -0.2) is 9.18 Å². The van der Waals surface area contributed by atoms with Gasteiger partial charge < -0.3 is 19.9 Å². The summed E-state index contributed by atoms with van der Waals surface area (Å²) in [6, 6.07) is 7.92. The molecule has 0 aliphatic carbocycles. The van der Waals surface area contributed by atoms with Gasteiger partial charge in [0.05, 0.1) is 17.8 Å². The molecular weight excluding hydrogens is 285 g/mol. The third-order valence-corrected chi connectivity index (χ3v) is 3.73. The molecule has 0 bridgehead atoms. The highest BCUT2D eigenvalue weighted by molar-refractivity contribution is 5.90. The maximum Gasteiger partial charge on any atom is 0.319 e. The molecule has 1 aliphatic rings. The lowest BCUT2D eigenvalue weighted by Crippen LogP contribution is -2.48. The van der Waals surface area contributed by atoms with Crippen LogP contribution in [0.4, 0.5) is 14.9 Å². The molecule has 0 spiro atoms. The number of ether oxygens (including phenoxy) is 1. The number of aromatic nitrogens is 1. The standard InChI is InChI=1S/C16H18FN3O2/c1-16(6-9-22-11-16)19-15(21)18-14-10-12(4-5-13(14)17)20-7-2-3-8-20/h2-5,7-8,10H,6,9,11H2,1H3,(H2,18,19,21)/t16-/m1/s1. The van der Waals surface area contributed by atoms with Crippen molar-refractivity contribution < 1.29 is 13.9 Å². The zero-order valence-corrected chi connectivity index (χ0v) is 12.3. The van der Waals surface area contributed by atoms with Gasteiger partial charge in [-0.1, -0.05) is 0 Å². The fraction of sp³-hybridized carbons (Fsp3) is 0.312. The Kier molecular flexibility index (Phi) is 3.85. The Morgan fingerprint density at radius 2 is 2.14 bits per heavy atom. The van der Waals surface area contributed by atoms with Crippen LogP contribution >= 0.6 is 0 Å². The molecule has 22 heavy (non-hydrogen) atoms. The van der Waals surface area contributed by atoms with Crippen molar-refractivity contribution in [3.8, 4) is 5.69 Å². The Balaban J connectivity index is 1.74. The predicted octanol–water partition coefficient (Wildman–Crippen LogP) is 2.92. The number of amides is 2. The number of halogens is 1. The molecule has 2 N–H and O–H groups in total. The monoisotopic (exact) mass is 303 g/mol. The second-order valence-electron chi connectivity index (χ2n) is 5.70. The minimum Gasteiger partial charge on any atom is -0.379 e. The summed E-state index contributed by atoms with van der Waals surface area (Å²) in [6.45, 7) is 2.99. The van der Waals surface area contributed by atoms with Crippen LogP contribution in [0.2, 0.25) is 0 Å². The van der Waals surface area contributed by atoms with Crippen molar-refractivity contribution in [2.24, 2.45) is 0 Å².